The van der Waals surface area contributed by atoms with Gasteiger partial charge < -0.3 is 15.6 Å². The van der Waals surface area contributed by atoms with E-state index in [9.17, 15) is 9.90 Å². The predicted molar refractivity (Wildman–Crippen MR) is 56.9 cm³/mol. The Bertz CT molecular complexity index is 368. The Hall–Kier alpha value is -1.26. The summed E-state index contributed by atoms with van der Waals surface area (Å²) in [5.41, 5.74) is 5.83. The number of phenolic OH excluding ortho intramolecular Hbond substituents is 1. The molecular weight excluding hydrogens is 218 g/mol. The average Bonchev–Trinajstić information content (AvgIpc) is 2.24. The Balaban J connectivity index is 3.12. The zero-order valence-corrected chi connectivity index (χ0v) is 8.99. The number of ether oxygens (including phenoxy) is 1. The van der Waals surface area contributed by atoms with Gasteiger partial charge in [0.2, 0.25) is 0 Å². The summed E-state index contributed by atoms with van der Waals surface area (Å²) in [5, 5.41) is 9.84. The van der Waals surface area contributed by atoms with Crippen LogP contribution in [0.15, 0.2) is 18.2 Å². The molecule has 0 radical (unpaired) electrons. The number of methoxy groups -OCH3 is 1. The van der Waals surface area contributed by atoms with Gasteiger partial charge in [0.05, 0.1) is 18.1 Å². The molecule has 82 valence electrons. The van der Waals surface area contributed by atoms with Gasteiger partial charge in [0, 0.05) is 12.1 Å². The molecule has 1 aromatic carbocycles. The number of phenols is 1. The van der Waals surface area contributed by atoms with E-state index in [0.717, 1.165) is 0 Å². The third-order valence-electron chi connectivity index (χ3n) is 2.11. The summed E-state index contributed by atoms with van der Waals surface area (Å²) in [4.78, 5) is 11.4. The van der Waals surface area contributed by atoms with Crippen LogP contribution in [0.1, 0.15) is 11.5 Å². The van der Waals surface area contributed by atoms with Crippen LogP contribution in [0.5, 0.6) is 5.75 Å². The van der Waals surface area contributed by atoms with Crippen LogP contribution >= 0.6 is 11.6 Å². The molecule has 1 unspecified atom stereocenters. The summed E-state index contributed by atoms with van der Waals surface area (Å²) in [6.07, 6.45) is 0. The second-order valence-corrected chi connectivity index (χ2v) is 3.40. The molecule has 0 spiro atoms. The molecule has 1 aromatic rings. The number of carbonyl (C=O) groups is 1. The SMILES string of the molecule is COC(=O)C(CN)c1cccc(Cl)c1O. The standard InChI is InChI=1S/C10H12ClNO3/c1-15-10(14)7(5-12)6-3-2-4-8(11)9(6)13/h2-4,7,13H,5,12H2,1H3. The maximum atomic E-state index is 11.4. The molecule has 0 saturated heterocycles. The zero-order valence-electron chi connectivity index (χ0n) is 8.24. The number of esters is 1. The Labute approximate surface area is 92.6 Å². The van der Waals surface area contributed by atoms with Gasteiger partial charge in [-0.05, 0) is 6.07 Å². The molecular formula is C10H12ClNO3. The third kappa shape index (κ3) is 2.40. The molecule has 3 N–H and O–H groups in total. The van der Waals surface area contributed by atoms with E-state index in [1.165, 1.54) is 13.2 Å². The molecule has 0 heterocycles. The lowest BCUT2D eigenvalue weighted by atomic mass is 9.98. The molecule has 0 amide bonds. The minimum atomic E-state index is -0.686. The number of nitrogens with two attached hydrogens (primary N) is 1. The first-order valence-electron chi connectivity index (χ1n) is 4.37. The van der Waals surface area contributed by atoms with Gasteiger partial charge in [-0.3, -0.25) is 4.79 Å². The number of halogens is 1. The highest BCUT2D eigenvalue weighted by molar-refractivity contribution is 6.32. The summed E-state index contributed by atoms with van der Waals surface area (Å²) in [7, 11) is 1.27. The number of hydrogen-bond acceptors (Lipinski definition) is 4. The lowest BCUT2D eigenvalue weighted by Crippen LogP contribution is -2.22. The lowest BCUT2D eigenvalue weighted by Gasteiger charge is -2.14. The van der Waals surface area contributed by atoms with Gasteiger partial charge in [-0.2, -0.15) is 0 Å². The molecule has 15 heavy (non-hydrogen) atoms. The van der Waals surface area contributed by atoms with Gasteiger partial charge in [0.15, 0.2) is 0 Å². The van der Waals surface area contributed by atoms with Crippen LogP contribution in [0.3, 0.4) is 0 Å². The van der Waals surface area contributed by atoms with E-state index in [1.807, 2.05) is 0 Å². The number of hydrogen-bond donors (Lipinski definition) is 2. The number of carbonyl (C=O) groups excluding carboxylic acids is 1. The van der Waals surface area contributed by atoms with Crippen LogP contribution in [-0.4, -0.2) is 24.7 Å². The molecule has 0 aromatic heterocycles. The van der Waals surface area contributed by atoms with Crippen molar-refractivity contribution in [2.24, 2.45) is 5.73 Å². The Morgan fingerprint density at radius 2 is 2.33 bits per heavy atom. The smallest absolute Gasteiger partial charge is 0.314 e. The predicted octanol–water partition coefficient (Wildman–Crippen LogP) is 1.26. The minimum absolute atomic E-state index is 0.0561. The summed E-state index contributed by atoms with van der Waals surface area (Å²) in [5.74, 6) is -1.30. The van der Waals surface area contributed by atoms with Crippen molar-refractivity contribution in [1.29, 1.82) is 0 Å². The van der Waals surface area contributed by atoms with Gasteiger partial charge in [-0.1, -0.05) is 23.7 Å². The highest BCUT2D eigenvalue weighted by atomic mass is 35.5. The van der Waals surface area contributed by atoms with E-state index < -0.39 is 11.9 Å². The van der Waals surface area contributed by atoms with Crippen molar-refractivity contribution in [3.8, 4) is 5.75 Å². The summed E-state index contributed by atoms with van der Waals surface area (Å²) < 4.78 is 4.58. The maximum Gasteiger partial charge on any atom is 0.314 e. The fourth-order valence-corrected chi connectivity index (χ4v) is 1.49. The highest BCUT2D eigenvalue weighted by Crippen LogP contribution is 2.32. The molecule has 5 heteroatoms. The van der Waals surface area contributed by atoms with Crippen LogP contribution in [-0.2, 0) is 9.53 Å². The maximum absolute atomic E-state index is 11.4. The monoisotopic (exact) mass is 229 g/mol. The lowest BCUT2D eigenvalue weighted by molar-refractivity contribution is -0.142. The molecule has 0 aliphatic rings. The average molecular weight is 230 g/mol. The number of benzene rings is 1. The second kappa shape index (κ2) is 5.00. The first-order chi connectivity index (χ1) is 7.11. The number of rotatable bonds is 3. The fourth-order valence-electron chi connectivity index (χ4n) is 1.31. The van der Waals surface area contributed by atoms with Crippen LogP contribution in [0.2, 0.25) is 5.02 Å². The van der Waals surface area contributed by atoms with Crippen LogP contribution < -0.4 is 5.73 Å². The normalized spacial score (nSPS) is 12.2. The Morgan fingerprint density at radius 3 is 2.87 bits per heavy atom. The second-order valence-electron chi connectivity index (χ2n) is 2.99. The fraction of sp³-hybridized carbons (Fsp3) is 0.300. The van der Waals surface area contributed by atoms with E-state index in [1.54, 1.807) is 12.1 Å². The summed E-state index contributed by atoms with van der Waals surface area (Å²) >= 11 is 5.72. The topological polar surface area (TPSA) is 72.5 Å². The van der Waals surface area contributed by atoms with E-state index in [2.05, 4.69) is 4.74 Å². The molecule has 0 aliphatic heterocycles. The zero-order chi connectivity index (χ0) is 11.4. The third-order valence-corrected chi connectivity index (χ3v) is 2.42. The molecule has 1 rings (SSSR count). The molecule has 0 bridgehead atoms. The van der Waals surface area contributed by atoms with E-state index >= 15 is 0 Å². The van der Waals surface area contributed by atoms with E-state index in [4.69, 9.17) is 17.3 Å². The van der Waals surface area contributed by atoms with Crippen molar-refractivity contribution >= 4 is 17.6 Å². The molecule has 0 saturated carbocycles. The largest absolute Gasteiger partial charge is 0.506 e. The molecule has 1 atom stereocenters. The van der Waals surface area contributed by atoms with Crippen LogP contribution in [0.25, 0.3) is 0 Å². The van der Waals surface area contributed by atoms with Gasteiger partial charge in [0.25, 0.3) is 0 Å². The number of aromatic hydroxyl groups is 1. The Morgan fingerprint density at radius 1 is 1.67 bits per heavy atom. The summed E-state index contributed by atoms with van der Waals surface area (Å²) in [6.45, 7) is 0.0561. The first-order valence-corrected chi connectivity index (χ1v) is 4.74. The van der Waals surface area contributed by atoms with Crippen LogP contribution in [0.4, 0.5) is 0 Å². The summed E-state index contributed by atoms with van der Waals surface area (Å²) in [6, 6.07) is 4.77. The Kier molecular flexibility index (Phi) is 3.94. The van der Waals surface area contributed by atoms with Crippen molar-refractivity contribution in [1.82, 2.24) is 0 Å². The number of para-hydroxylation sites is 1. The van der Waals surface area contributed by atoms with E-state index in [0.29, 0.717) is 5.56 Å². The minimum Gasteiger partial charge on any atom is -0.506 e. The molecule has 0 fully saturated rings. The van der Waals surface area contributed by atoms with Gasteiger partial charge in [0.1, 0.15) is 5.75 Å². The molecule has 0 aliphatic carbocycles. The highest BCUT2D eigenvalue weighted by Gasteiger charge is 2.23. The first kappa shape index (κ1) is 11.8. The van der Waals surface area contributed by atoms with Crippen molar-refractivity contribution in [2.45, 2.75) is 5.92 Å². The van der Waals surface area contributed by atoms with Crippen molar-refractivity contribution in [2.75, 3.05) is 13.7 Å². The quantitative estimate of drug-likeness (QED) is 0.766. The molecule has 4 nitrogen and oxygen atoms in total. The van der Waals surface area contributed by atoms with Crippen molar-refractivity contribution in [3.05, 3.63) is 28.8 Å². The van der Waals surface area contributed by atoms with Gasteiger partial charge in [-0.25, -0.2) is 0 Å². The van der Waals surface area contributed by atoms with E-state index in [-0.39, 0.29) is 17.3 Å². The van der Waals surface area contributed by atoms with Crippen LogP contribution in [0, 0.1) is 0 Å². The van der Waals surface area contributed by atoms with Gasteiger partial charge in [-0.15, -0.1) is 0 Å². The van der Waals surface area contributed by atoms with Gasteiger partial charge >= 0.3 is 5.97 Å². The van der Waals surface area contributed by atoms with Crippen molar-refractivity contribution < 1.29 is 14.6 Å². The van der Waals surface area contributed by atoms with Crippen molar-refractivity contribution in [3.63, 3.8) is 0 Å².